The molecule has 0 heterocycles. The molecule has 0 aromatic heterocycles. The van der Waals surface area contributed by atoms with Crippen LogP contribution in [0.1, 0.15) is 20.8 Å². The third-order valence-corrected chi connectivity index (χ3v) is 2.28. The smallest absolute Gasteiger partial charge is 0.497 e. The van der Waals surface area contributed by atoms with Gasteiger partial charge in [0.2, 0.25) is 6.29 Å². The summed E-state index contributed by atoms with van der Waals surface area (Å²) >= 11 is 0. The molecule has 1 aromatic rings. The van der Waals surface area contributed by atoms with E-state index in [1.807, 2.05) is 0 Å². The number of carbonyl (C=O) groups is 2. The fourth-order valence-electron chi connectivity index (χ4n) is 1.22. The fourth-order valence-corrected chi connectivity index (χ4v) is 1.22. The van der Waals surface area contributed by atoms with E-state index in [0.717, 1.165) is 0 Å². The summed E-state index contributed by atoms with van der Waals surface area (Å²) in [6.45, 7) is 4.81. The second-order valence-corrected chi connectivity index (χ2v) is 4.30. The summed E-state index contributed by atoms with van der Waals surface area (Å²) in [7, 11) is 1.54. The van der Waals surface area contributed by atoms with Crippen molar-refractivity contribution in [3.05, 3.63) is 24.3 Å². The van der Waals surface area contributed by atoms with Crippen LogP contribution < -0.4 is 9.47 Å². The van der Waals surface area contributed by atoms with Gasteiger partial charge < -0.3 is 18.9 Å². The van der Waals surface area contributed by atoms with E-state index < -0.39 is 18.4 Å². The maximum Gasteiger partial charge on any atom is 0.516 e. The van der Waals surface area contributed by atoms with Crippen LogP contribution in [0.4, 0.5) is 4.79 Å². The molecule has 6 heteroatoms. The van der Waals surface area contributed by atoms with Crippen molar-refractivity contribution in [1.29, 1.82) is 0 Å². The Bertz CT molecular complexity index is 451. The van der Waals surface area contributed by atoms with Gasteiger partial charge in [0.05, 0.1) is 13.0 Å². The number of rotatable bonds is 5. The maximum absolute atomic E-state index is 11.5. The third-order valence-electron chi connectivity index (χ3n) is 2.28. The van der Waals surface area contributed by atoms with E-state index in [4.69, 9.17) is 18.9 Å². The van der Waals surface area contributed by atoms with Crippen molar-refractivity contribution in [2.24, 2.45) is 5.92 Å². The first kappa shape index (κ1) is 15.8. The summed E-state index contributed by atoms with van der Waals surface area (Å²) in [6.07, 6.45) is -1.95. The molecule has 1 rings (SSSR count). The molecule has 1 unspecified atom stereocenters. The first-order valence-electron chi connectivity index (χ1n) is 6.15. The van der Waals surface area contributed by atoms with Crippen LogP contribution >= 0.6 is 0 Å². The molecule has 0 bridgehead atoms. The maximum atomic E-state index is 11.5. The average Bonchev–Trinajstić information content (AvgIpc) is 2.39. The molecule has 0 amide bonds. The first-order valence-corrected chi connectivity index (χ1v) is 6.15. The van der Waals surface area contributed by atoms with Crippen molar-refractivity contribution < 1.29 is 28.5 Å². The summed E-state index contributed by atoms with van der Waals surface area (Å²) in [4.78, 5) is 22.8. The van der Waals surface area contributed by atoms with Crippen molar-refractivity contribution in [3.8, 4) is 11.5 Å². The average molecular weight is 282 g/mol. The number of hydrogen-bond acceptors (Lipinski definition) is 6. The van der Waals surface area contributed by atoms with Crippen LogP contribution in [-0.4, -0.2) is 25.5 Å². The monoisotopic (exact) mass is 282 g/mol. The number of ether oxygens (including phenoxy) is 4. The molecule has 0 aliphatic rings. The van der Waals surface area contributed by atoms with Gasteiger partial charge >= 0.3 is 12.1 Å². The van der Waals surface area contributed by atoms with E-state index in [0.29, 0.717) is 11.5 Å². The standard InChI is InChI=1S/C14H18O6/c1-9(2)13(15)18-10(3)19-14(16)20-12-7-5-11(17-4)6-8-12/h5-10H,1-4H3. The molecule has 1 aromatic carbocycles. The largest absolute Gasteiger partial charge is 0.516 e. The second-order valence-electron chi connectivity index (χ2n) is 4.30. The highest BCUT2D eigenvalue weighted by Gasteiger charge is 2.17. The molecule has 0 spiro atoms. The number of hydrogen-bond donors (Lipinski definition) is 0. The normalized spacial score (nSPS) is 11.7. The predicted molar refractivity (Wildman–Crippen MR) is 70.5 cm³/mol. The van der Waals surface area contributed by atoms with Crippen LogP contribution in [-0.2, 0) is 14.3 Å². The highest BCUT2D eigenvalue weighted by molar-refractivity contribution is 5.72. The van der Waals surface area contributed by atoms with Crippen LogP contribution in [0.2, 0.25) is 0 Å². The Hall–Kier alpha value is -2.24. The van der Waals surface area contributed by atoms with Crippen LogP contribution in [0, 0.1) is 5.92 Å². The van der Waals surface area contributed by atoms with Crippen LogP contribution in [0.5, 0.6) is 11.5 Å². The number of methoxy groups -OCH3 is 1. The first-order chi connectivity index (χ1) is 9.42. The van der Waals surface area contributed by atoms with Gasteiger partial charge in [0.1, 0.15) is 11.5 Å². The minimum absolute atomic E-state index is 0.293. The Morgan fingerprint density at radius 1 is 0.950 bits per heavy atom. The van der Waals surface area contributed by atoms with Crippen LogP contribution in [0.25, 0.3) is 0 Å². The molecule has 20 heavy (non-hydrogen) atoms. The minimum Gasteiger partial charge on any atom is -0.497 e. The molecule has 6 nitrogen and oxygen atoms in total. The van der Waals surface area contributed by atoms with E-state index in [1.165, 1.54) is 14.0 Å². The van der Waals surface area contributed by atoms with Gasteiger partial charge in [-0.05, 0) is 24.3 Å². The number of benzene rings is 1. The second kappa shape index (κ2) is 7.37. The van der Waals surface area contributed by atoms with Gasteiger partial charge in [0.15, 0.2) is 0 Å². The van der Waals surface area contributed by atoms with E-state index in [-0.39, 0.29) is 5.92 Å². The predicted octanol–water partition coefficient (Wildman–Crippen LogP) is 2.76. The Morgan fingerprint density at radius 2 is 1.50 bits per heavy atom. The Balaban J connectivity index is 2.44. The molecule has 0 aliphatic carbocycles. The molecule has 0 N–H and O–H groups in total. The lowest BCUT2D eigenvalue weighted by atomic mass is 10.2. The molecule has 0 saturated carbocycles. The molecule has 0 saturated heterocycles. The minimum atomic E-state index is -1.00. The summed E-state index contributed by atoms with van der Waals surface area (Å²) in [5.41, 5.74) is 0. The lowest BCUT2D eigenvalue weighted by Gasteiger charge is -2.15. The van der Waals surface area contributed by atoms with Gasteiger partial charge in [0, 0.05) is 6.92 Å². The summed E-state index contributed by atoms with van der Waals surface area (Å²) in [5.74, 6) is 0.205. The van der Waals surface area contributed by atoms with E-state index >= 15 is 0 Å². The molecule has 110 valence electrons. The molecule has 0 aliphatic heterocycles. The fraction of sp³-hybridized carbons (Fsp3) is 0.429. The quantitative estimate of drug-likeness (QED) is 0.470. The van der Waals surface area contributed by atoms with Crippen molar-refractivity contribution in [1.82, 2.24) is 0 Å². The van der Waals surface area contributed by atoms with Crippen molar-refractivity contribution in [2.75, 3.05) is 7.11 Å². The van der Waals surface area contributed by atoms with Gasteiger partial charge in [-0.1, -0.05) is 13.8 Å². The summed E-state index contributed by atoms with van der Waals surface area (Å²) in [5, 5.41) is 0. The highest BCUT2D eigenvalue weighted by atomic mass is 16.8. The molecule has 0 fully saturated rings. The molecular weight excluding hydrogens is 264 g/mol. The van der Waals surface area contributed by atoms with E-state index in [9.17, 15) is 9.59 Å². The Morgan fingerprint density at radius 3 is 2.00 bits per heavy atom. The highest BCUT2D eigenvalue weighted by Crippen LogP contribution is 2.17. The van der Waals surface area contributed by atoms with Crippen molar-refractivity contribution in [2.45, 2.75) is 27.1 Å². The molecular formula is C14H18O6. The molecule has 0 radical (unpaired) electrons. The van der Waals surface area contributed by atoms with Crippen LogP contribution in [0.3, 0.4) is 0 Å². The summed E-state index contributed by atoms with van der Waals surface area (Å²) in [6, 6.07) is 6.41. The lowest BCUT2D eigenvalue weighted by Crippen LogP contribution is -2.25. The van der Waals surface area contributed by atoms with Gasteiger partial charge in [-0.25, -0.2) is 4.79 Å². The van der Waals surface area contributed by atoms with E-state index in [1.54, 1.807) is 38.1 Å². The summed E-state index contributed by atoms with van der Waals surface area (Å²) < 4.78 is 19.6. The van der Waals surface area contributed by atoms with Crippen LogP contribution in [0.15, 0.2) is 24.3 Å². The lowest BCUT2D eigenvalue weighted by molar-refractivity contribution is -0.170. The van der Waals surface area contributed by atoms with E-state index in [2.05, 4.69) is 0 Å². The zero-order chi connectivity index (χ0) is 15.1. The number of carbonyl (C=O) groups excluding carboxylic acids is 2. The number of esters is 1. The van der Waals surface area contributed by atoms with Gasteiger partial charge in [-0.2, -0.15) is 0 Å². The SMILES string of the molecule is COc1ccc(OC(=O)OC(C)OC(=O)C(C)C)cc1. The topological polar surface area (TPSA) is 71.1 Å². The third kappa shape index (κ3) is 5.17. The Kier molecular flexibility index (Phi) is 5.83. The van der Waals surface area contributed by atoms with Gasteiger partial charge in [-0.3, -0.25) is 4.79 Å². The van der Waals surface area contributed by atoms with Crippen molar-refractivity contribution >= 4 is 12.1 Å². The zero-order valence-electron chi connectivity index (χ0n) is 11.9. The zero-order valence-corrected chi connectivity index (χ0v) is 11.9. The van der Waals surface area contributed by atoms with Crippen molar-refractivity contribution in [3.63, 3.8) is 0 Å². The van der Waals surface area contributed by atoms with Gasteiger partial charge in [0.25, 0.3) is 0 Å². The Labute approximate surface area is 117 Å². The molecule has 1 atom stereocenters. The van der Waals surface area contributed by atoms with Gasteiger partial charge in [-0.15, -0.1) is 0 Å².